The quantitative estimate of drug-likeness (QED) is 0.547. The number of carbonyl (C=O) groups excluding carboxylic acids is 1. The van der Waals surface area contributed by atoms with E-state index in [-0.39, 0.29) is 17.8 Å². The predicted molar refractivity (Wildman–Crippen MR) is 115 cm³/mol. The van der Waals surface area contributed by atoms with Crippen LogP contribution in [0.4, 0.5) is 0 Å². The van der Waals surface area contributed by atoms with E-state index in [0.29, 0.717) is 25.6 Å². The van der Waals surface area contributed by atoms with Crippen LogP contribution in [0.25, 0.3) is 0 Å². The molecule has 6 heteroatoms. The fraction of sp³-hybridized carbons (Fsp3) is 0.609. The Bertz CT molecular complexity index is 751. The minimum absolute atomic E-state index is 0.190. The summed E-state index contributed by atoms with van der Waals surface area (Å²) in [7, 11) is 0. The number of ether oxygens (including phenoxy) is 1. The summed E-state index contributed by atoms with van der Waals surface area (Å²) < 4.78 is 5.30. The van der Waals surface area contributed by atoms with Gasteiger partial charge < -0.3 is 4.74 Å². The van der Waals surface area contributed by atoms with Crippen LogP contribution in [0.3, 0.4) is 0 Å². The van der Waals surface area contributed by atoms with Gasteiger partial charge in [-0.15, -0.1) is 0 Å². The molecule has 1 aromatic rings. The molecular weight excluding hydrogens is 364 g/mol. The lowest BCUT2D eigenvalue weighted by atomic mass is 9.87. The second-order valence-electron chi connectivity index (χ2n) is 7.90. The Morgan fingerprint density at radius 3 is 2.83 bits per heavy atom. The molecule has 0 radical (unpaired) electrons. The molecule has 1 saturated carbocycles. The third kappa shape index (κ3) is 6.31. The summed E-state index contributed by atoms with van der Waals surface area (Å²) >= 11 is 0. The molecular formula is C23H32N4O2. The zero-order chi connectivity index (χ0) is 20.5. The van der Waals surface area contributed by atoms with Gasteiger partial charge in [0.1, 0.15) is 6.33 Å². The Kier molecular flexibility index (Phi) is 8.08. The summed E-state index contributed by atoms with van der Waals surface area (Å²) in [6, 6.07) is 2.24. The summed E-state index contributed by atoms with van der Waals surface area (Å²) in [5.74, 6) is -0.228. The van der Waals surface area contributed by atoms with Crippen molar-refractivity contribution in [3.63, 3.8) is 0 Å². The monoisotopic (exact) mass is 396 g/mol. The summed E-state index contributed by atoms with van der Waals surface area (Å²) in [5.41, 5.74) is 2.84. The number of allylic oxidation sites excluding steroid dienone is 1. The lowest BCUT2D eigenvalue weighted by Crippen LogP contribution is -2.31. The van der Waals surface area contributed by atoms with Gasteiger partial charge in [-0.1, -0.05) is 38.3 Å². The molecule has 0 saturated heterocycles. The van der Waals surface area contributed by atoms with Crippen LogP contribution >= 0.6 is 0 Å². The lowest BCUT2D eigenvalue weighted by molar-refractivity contribution is -0.146. The highest BCUT2D eigenvalue weighted by atomic mass is 16.5. The number of carbonyl (C=O) groups is 1. The van der Waals surface area contributed by atoms with Gasteiger partial charge >= 0.3 is 5.97 Å². The molecule has 1 heterocycles. The van der Waals surface area contributed by atoms with Crippen LogP contribution < -0.4 is 0 Å². The maximum Gasteiger partial charge on any atom is 0.313 e. The predicted octanol–water partition coefficient (Wildman–Crippen LogP) is 4.36. The Morgan fingerprint density at radius 1 is 1.28 bits per heavy atom. The van der Waals surface area contributed by atoms with Crippen molar-refractivity contribution < 1.29 is 9.53 Å². The van der Waals surface area contributed by atoms with E-state index in [4.69, 9.17) is 14.7 Å². The molecule has 156 valence electrons. The van der Waals surface area contributed by atoms with Gasteiger partial charge in [0.05, 0.1) is 42.2 Å². The molecule has 0 aromatic carbocycles. The molecule has 2 aliphatic rings. The molecule has 0 aliphatic heterocycles. The number of esters is 1. The van der Waals surface area contributed by atoms with Crippen molar-refractivity contribution >= 4 is 17.4 Å². The number of nitrogens with zero attached hydrogens (tertiary/aromatic N) is 4. The fourth-order valence-corrected chi connectivity index (χ4v) is 3.98. The molecule has 29 heavy (non-hydrogen) atoms. The standard InChI is InChI=1S/C23H32N4O2/c1-3-29-23(28)18-9-7-8-17(2)22(27-19-10-5-4-6-11-19)21(14-18)25-15-20-12-13-24-16-26-20/h7,9,12-13,16-19H,3-6,8,10-11,14-15H2,1-2H3. The second kappa shape index (κ2) is 11.0. The van der Waals surface area contributed by atoms with Gasteiger partial charge in [0.2, 0.25) is 0 Å². The second-order valence-corrected chi connectivity index (χ2v) is 7.90. The molecule has 2 atom stereocenters. The van der Waals surface area contributed by atoms with Crippen LogP contribution in [-0.2, 0) is 16.1 Å². The van der Waals surface area contributed by atoms with E-state index in [1.807, 2.05) is 19.1 Å². The first kappa shape index (κ1) is 21.3. The van der Waals surface area contributed by atoms with Crippen molar-refractivity contribution in [2.24, 2.45) is 21.8 Å². The molecule has 1 fully saturated rings. The summed E-state index contributed by atoms with van der Waals surface area (Å²) in [6.45, 7) is 4.90. The van der Waals surface area contributed by atoms with E-state index < -0.39 is 0 Å². The normalized spacial score (nSPS) is 26.3. The first-order chi connectivity index (χ1) is 14.2. The first-order valence-electron chi connectivity index (χ1n) is 10.9. The SMILES string of the molecule is CCOC(=O)C1C=CCC(C)C(=NC2CCCCC2)C(=NCc2ccncn2)C1. The summed E-state index contributed by atoms with van der Waals surface area (Å²) in [6.07, 6.45) is 14.8. The van der Waals surface area contributed by atoms with Gasteiger partial charge in [0.15, 0.2) is 0 Å². The Morgan fingerprint density at radius 2 is 2.10 bits per heavy atom. The number of hydrogen-bond donors (Lipinski definition) is 0. The number of aromatic nitrogens is 2. The Balaban J connectivity index is 1.91. The average Bonchev–Trinajstić information content (AvgIpc) is 2.74. The van der Waals surface area contributed by atoms with E-state index in [2.05, 4.69) is 23.0 Å². The fourth-order valence-electron chi connectivity index (χ4n) is 3.98. The van der Waals surface area contributed by atoms with E-state index in [9.17, 15) is 4.79 Å². The summed E-state index contributed by atoms with van der Waals surface area (Å²) in [4.78, 5) is 30.8. The third-order valence-electron chi connectivity index (χ3n) is 5.59. The molecule has 0 N–H and O–H groups in total. The van der Waals surface area contributed by atoms with E-state index >= 15 is 0 Å². The van der Waals surface area contributed by atoms with E-state index in [1.54, 1.807) is 6.20 Å². The van der Waals surface area contributed by atoms with Crippen molar-refractivity contribution in [3.8, 4) is 0 Å². The maximum absolute atomic E-state index is 12.5. The van der Waals surface area contributed by atoms with E-state index in [0.717, 1.165) is 36.4 Å². The smallest absolute Gasteiger partial charge is 0.313 e. The maximum atomic E-state index is 12.5. The van der Waals surface area contributed by atoms with Crippen LogP contribution in [0, 0.1) is 11.8 Å². The highest BCUT2D eigenvalue weighted by Gasteiger charge is 2.27. The molecule has 0 amide bonds. The van der Waals surface area contributed by atoms with Gasteiger partial charge in [0, 0.05) is 18.5 Å². The minimum atomic E-state index is -0.317. The highest BCUT2D eigenvalue weighted by molar-refractivity contribution is 6.43. The van der Waals surface area contributed by atoms with Crippen molar-refractivity contribution in [2.75, 3.05) is 6.61 Å². The van der Waals surface area contributed by atoms with Gasteiger partial charge in [-0.25, -0.2) is 9.97 Å². The molecule has 2 unspecified atom stereocenters. The number of rotatable bonds is 5. The molecule has 0 bridgehead atoms. The number of aliphatic imine (C=N–C) groups is 2. The average molecular weight is 397 g/mol. The largest absolute Gasteiger partial charge is 0.466 e. The van der Waals surface area contributed by atoms with Crippen LogP contribution in [0.2, 0.25) is 0 Å². The zero-order valence-corrected chi connectivity index (χ0v) is 17.6. The van der Waals surface area contributed by atoms with Gasteiger partial charge in [0.25, 0.3) is 0 Å². The Hall–Kier alpha value is -2.37. The van der Waals surface area contributed by atoms with Crippen molar-refractivity contribution in [3.05, 3.63) is 36.4 Å². The van der Waals surface area contributed by atoms with Crippen LogP contribution in [0.1, 0.15) is 64.5 Å². The van der Waals surface area contributed by atoms with Crippen LogP contribution in [0.5, 0.6) is 0 Å². The zero-order valence-electron chi connectivity index (χ0n) is 17.6. The van der Waals surface area contributed by atoms with Gasteiger partial charge in [-0.2, -0.15) is 0 Å². The van der Waals surface area contributed by atoms with Crippen molar-refractivity contribution in [1.29, 1.82) is 0 Å². The lowest BCUT2D eigenvalue weighted by Gasteiger charge is -2.25. The van der Waals surface area contributed by atoms with E-state index in [1.165, 1.54) is 25.6 Å². The van der Waals surface area contributed by atoms with Gasteiger partial charge in [-0.05, 0) is 32.3 Å². The molecule has 6 nitrogen and oxygen atoms in total. The first-order valence-corrected chi connectivity index (χ1v) is 10.9. The van der Waals surface area contributed by atoms with Crippen LogP contribution in [0.15, 0.2) is 40.7 Å². The number of hydrogen-bond acceptors (Lipinski definition) is 6. The van der Waals surface area contributed by atoms with Crippen molar-refractivity contribution in [1.82, 2.24) is 9.97 Å². The molecule has 1 aromatic heterocycles. The van der Waals surface area contributed by atoms with Crippen LogP contribution in [-0.4, -0.2) is 40.0 Å². The van der Waals surface area contributed by atoms with Gasteiger partial charge in [-0.3, -0.25) is 14.8 Å². The van der Waals surface area contributed by atoms with Crippen molar-refractivity contribution in [2.45, 2.75) is 71.4 Å². The third-order valence-corrected chi connectivity index (χ3v) is 5.59. The Labute approximate surface area is 173 Å². The summed E-state index contributed by atoms with van der Waals surface area (Å²) in [5, 5.41) is 0. The minimum Gasteiger partial charge on any atom is -0.466 e. The highest BCUT2D eigenvalue weighted by Crippen LogP contribution is 2.25. The molecule has 0 spiro atoms. The molecule has 2 aliphatic carbocycles. The molecule has 3 rings (SSSR count). The topological polar surface area (TPSA) is 76.8 Å².